The lowest BCUT2D eigenvalue weighted by Crippen LogP contribution is -2.02. The molecule has 2 rings (SSSR count). The molecule has 0 atom stereocenters. The number of nitrogen functional groups attached to an aromatic ring is 1. The van der Waals surface area contributed by atoms with Gasteiger partial charge in [0.25, 0.3) is 0 Å². The molecule has 0 bridgehead atoms. The molecule has 1 heterocycles. The molecule has 2 N–H and O–H groups in total. The maximum Gasteiger partial charge on any atom is 0.350 e. The molecule has 0 saturated carbocycles. The quantitative estimate of drug-likeness (QED) is 0.878. The fourth-order valence-corrected chi connectivity index (χ4v) is 2.76. The summed E-state index contributed by atoms with van der Waals surface area (Å²) in [5.74, 6) is 0.813. The molecule has 106 valence electrons. The minimum atomic E-state index is -0.431. The molecule has 0 aliphatic rings. The van der Waals surface area contributed by atoms with Crippen LogP contribution in [0.2, 0.25) is 0 Å². The lowest BCUT2D eigenvalue weighted by atomic mass is 10.1. The molecule has 6 heteroatoms. The van der Waals surface area contributed by atoms with E-state index >= 15 is 0 Å². The minimum absolute atomic E-state index is 0.400. The van der Waals surface area contributed by atoms with Gasteiger partial charge < -0.3 is 19.9 Å². The van der Waals surface area contributed by atoms with E-state index in [9.17, 15) is 4.79 Å². The summed E-state index contributed by atoms with van der Waals surface area (Å²) in [4.78, 5) is 12.0. The van der Waals surface area contributed by atoms with Crippen molar-refractivity contribution in [2.24, 2.45) is 0 Å². The number of esters is 1. The highest BCUT2D eigenvalue weighted by Gasteiger charge is 2.18. The number of anilines is 1. The van der Waals surface area contributed by atoms with Crippen molar-refractivity contribution in [3.8, 4) is 22.6 Å². The van der Waals surface area contributed by atoms with Crippen LogP contribution in [-0.2, 0) is 4.74 Å². The number of carbonyl (C=O) groups excluding carboxylic acids is 1. The Bertz CT molecular complexity index is 636. The standard InChI is InChI=1S/C14H15NO4S/c1-17-10-5-4-8(6-11(10)18-2)9-7-20-13(12(9)15)14(16)19-3/h4-7H,15H2,1-3H3. The van der Waals surface area contributed by atoms with Crippen LogP contribution in [0.1, 0.15) is 9.67 Å². The number of rotatable bonds is 4. The Morgan fingerprint density at radius 1 is 1.15 bits per heavy atom. The van der Waals surface area contributed by atoms with E-state index < -0.39 is 5.97 Å². The number of methoxy groups -OCH3 is 3. The topological polar surface area (TPSA) is 70.8 Å². The van der Waals surface area contributed by atoms with Crippen molar-refractivity contribution in [2.75, 3.05) is 27.1 Å². The maximum absolute atomic E-state index is 11.6. The third-order valence-corrected chi connectivity index (χ3v) is 3.87. The second kappa shape index (κ2) is 5.83. The van der Waals surface area contributed by atoms with Gasteiger partial charge in [0.15, 0.2) is 11.5 Å². The number of nitrogens with two attached hydrogens (primary N) is 1. The van der Waals surface area contributed by atoms with Crippen LogP contribution in [0.5, 0.6) is 11.5 Å². The maximum atomic E-state index is 11.6. The van der Waals surface area contributed by atoms with Crippen LogP contribution in [0.15, 0.2) is 23.6 Å². The molecule has 1 aromatic carbocycles. The SMILES string of the molecule is COC(=O)c1scc(-c2ccc(OC)c(OC)c2)c1N. The summed E-state index contributed by atoms with van der Waals surface area (Å²) in [5, 5.41) is 1.82. The van der Waals surface area contributed by atoms with Crippen molar-refractivity contribution in [2.45, 2.75) is 0 Å². The Kier molecular flexibility index (Phi) is 4.14. The van der Waals surface area contributed by atoms with Crippen LogP contribution in [0.3, 0.4) is 0 Å². The van der Waals surface area contributed by atoms with Crippen LogP contribution < -0.4 is 15.2 Å². The highest BCUT2D eigenvalue weighted by molar-refractivity contribution is 7.13. The Balaban J connectivity index is 2.47. The monoisotopic (exact) mass is 293 g/mol. The average Bonchev–Trinajstić information content (AvgIpc) is 2.87. The van der Waals surface area contributed by atoms with Gasteiger partial charge in [-0.3, -0.25) is 0 Å². The van der Waals surface area contributed by atoms with Crippen molar-refractivity contribution in [3.05, 3.63) is 28.5 Å². The number of benzene rings is 1. The van der Waals surface area contributed by atoms with Crippen molar-refractivity contribution in [3.63, 3.8) is 0 Å². The third-order valence-electron chi connectivity index (χ3n) is 2.89. The van der Waals surface area contributed by atoms with Gasteiger partial charge in [0.05, 0.1) is 27.0 Å². The van der Waals surface area contributed by atoms with Gasteiger partial charge in [-0.15, -0.1) is 11.3 Å². The fourth-order valence-electron chi connectivity index (χ4n) is 1.85. The van der Waals surface area contributed by atoms with Crippen LogP contribution in [0.25, 0.3) is 11.1 Å². The minimum Gasteiger partial charge on any atom is -0.493 e. The zero-order valence-electron chi connectivity index (χ0n) is 11.4. The van der Waals surface area contributed by atoms with E-state index in [0.29, 0.717) is 22.1 Å². The first-order chi connectivity index (χ1) is 9.62. The Morgan fingerprint density at radius 2 is 1.85 bits per heavy atom. The molecule has 0 aliphatic carbocycles. The molecule has 0 unspecified atom stereocenters. The third kappa shape index (κ3) is 2.42. The van der Waals surface area contributed by atoms with E-state index in [1.54, 1.807) is 20.3 Å². The van der Waals surface area contributed by atoms with Crippen LogP contribution in [-0.4, -0.2) is 27.3 Å². The molecule has 0 aliphatic heterocycles. The zero-order chi connectivity index (χ0) is 14.7. The highest BCUT2D eigenvalue weighted by Crippen LogP contribution is 2.38. The number of hydrogen-bond acceptors (Lipinski definition) is 6. The fraction of sp³-hybridized carbons (Fsp3) is 0.214. The van der Waals surface area contributed by atoms with Crippen molar-refractivity contribution in [1.82, 2.24) is 0 Å². The van der Waals surface area contributed by atoms with Crippen molar-refractivity contribution >= 4 is 23.0 Å². The molecule has 5 nitrogen and oxygen atoms in total. The molecule has 1 aromatic heterocycles. The molecule has 20 heavy (non-hydrogen) atoms. The van der Waals surface area contributed by atoms with Crippen molar-refractivity contribution in [1.29, 1.82) is 0 Å². The van der Waals surface area contributed by atoms with Gasteiger partial charge in [0.2, 0.25) is 0 Å². The van der Waals surface area contributed by atoms with E-state index in [-0.39, 0.29) is 0 Å². The van der Waals surface area contributed by atoms with Gasteiger partial charge in [0.1, 0.15) is 4.88 Å². The van der Waals surface area contributed by atoms with E-state index in [4.69, 9.17) is 19.9 Å². The molecule has 0 fully saturated rings. The number of hydrogen-bond donors (Lipinski definition) is 1. The molecule has 0 saturated heterocycles. The van der Waals surface area contributed by atoms with E-state index in [1.165, 1.54) is 18.4 Å². The zero-order valence-corrected chi connectivity index (χ0v) is 12.2. The molecule has 0 amide bonds. The van der Waals surface area contributed by atoms with E-state index in [0.717, 1.165) is 11.1 Å². The van der Waals surface area contributed by atoms with Gasteiger partial charge in [-0.05, 0) is 17.7 Å². The smallest absolute Gasteiger partial charge is 0.350 e. The van der Waals surface area contributed by atoms with Crippen LogP contribution in [0, 0.1) is 0 Å². The predicted octanol–water partition coefficient (Wildman–Crippen LogP) is 2.80. The predicted molar refractivity (Wildman–Crippen MR) is 78.6 cm³/mol. The van der Waals surface area contributed by atoms with Gasteiger partial charge in [-0.2, -0.15) is 0 Å². The number of thiophene rings is 1. The lowest BCUT2D eigenvalue weighted by molar-refractivity contribution is 0.0607. The second-order valence-corrected chi connectivity index (χ2v) is 4.83. The number of carbonyl (C=O) groups is 1. The van der Waals surface area contributed by atoms with Gasteiger partial charge >= 0.3 is 5.97 Å². The summed E-state index contributed by atoms with van der Waals surface area (Å²) in [7, 11) is 4.47. The van der Waals surface area contributed by atoms with Crippen LogP contribution >= 0.6 is 11.3 Å². The van der Waals surface area contributed by atoms with Gasteiger partial charge in [-0.1, -0.05) is 6.07 Å². The number of ether oxygens (including phenoxy) is 3. The van der Waals surface area contributed by atoms with Crippen LogP contribution in [0.4, 0.5) is 5.69 Å². The van der Waals surface area contributed by atoms with Gasteiger partial charge in [0, 0.05) is 10.9 Å². The van der Waals surface area contributed by atoms with Crippen molar-refractivity contribution < 1.29 is 19.0 Å². The highest BCUT2D eigenvalue weighted by atomic mass is 32.1. The largest absolute Gasteiger partial charge is 0.493 e. The Morgan fingerprint density at radius 3 is 2.45 bits per heavy atom. The first kappa shape index (κ1) is 14.2. The summed E-state index contributed by atoms with van der Waals surface area (Å²) in [6, 6.07) is 5.47. The van der Waals surface area contributed by atoms with E-state index in [2.05, 4.69) is 0 Å². The molecule has 2 aromatic rings. The Hall–Kier alpha value is -2.21. The summed E-state index contributed by atoms with van der Waals surface area (Å²) in [5.41, 5.74) is 8.05. The molecular weight excluding hydrogens is 278 g/mol. The first-order valence-electron chi connectivity index (χ1n) is 5.80. The van der Waals surface area contributed by atoms with Gasteiger partial charge in [-0.25, -0.2) is 4.79 Å². The lowest BCUT2D eigenvalue weighted by Gasteiger charge is -2.09. The second-order valence-electron chi connectivity index (χ2n) is 3.95. The average molecular weight is 293 g/mol. The summed E-state index contributed by atoms with van der Waals surface area (Å²) >= 11 is 1.26. The normalized spacial score (nSPS) is 10.2. The summed E-state index contributed by atoms with van der Waals surface area (Å²) in [6.45, 7) is 0. The molecule has 0 radical (unpaired) electrons. The van der Waals surface area contributed by atoms with E-state index in [1.807, 2.05) is 17.5 Å². The summed E-state index contributed by atoms with van der Waals surface area (Å²) in [6.07, 6.45) is 0. The summed E-state index contributed by atoms with van der Waals surface area (Å²) < 4.78 is 15.1. The molecule has 0 spiro atoms. The molecular formula is C14H15NO4S. The first-order valence-corrected chi connectivity index (χ1v) is 6.68. The Labute approximate surface area is 120 Å².